The van der Waals surface area contributed by atoms with E-state index in [-0.39, 0.29) is 29.0 Å². The average molecular weight is 349 g/mol. The molecule has 0 atom stereocenters. The highest BCUT2D eigenvalue weighted by molar-refractivity contribution is 6.00. The van der Waals surface area contributed by atoms with Gasteiger partial charge in [-0.3, -0.25) is 14.4 Å². The van der Waals surface area contributed by atoms with Gasteiger partial charge in [0.1, 0.15) is 6.29 Å². The molecule has 0 unspecified atom stereocenters. The summed E-state index contributed by atoms with van der Waals surface area (Å²) >= 11 is 0. The van der Waals surface area contributed by atoms with Gasteiger partial charge >= 0.3 is 11.9 Å². The van der Waals surface area contributed by atoms with Gasteiger partial charge < -0.3 is 15.2 Å². The van der Waals surface area contributed by atoms with Crippen LogP contribution in [0.2, 0.25) is 0 Å². The molecule has 0 aliphatic carbocycles. The molecule has 1 rings (SSSR count). The average Bonchev–Trinajstić information content (AvgIpc) is 2.62. The van der Waals surface area contributed by atoms with Crippen molar-refractivity contribution in [3.8, 4) is 0 Å². The predicted molar refractivity (Wildman–Crippen MR) is 90.8 cm³/mol. The standard InChI is InChI=1S/C18H23NO6/c1-25-18(24)15-10-13(12-20)9-14(11-15)17(23)19-8-6-4-2-3-5-7-16(21)22/h9-12H,2-8H2,1H3,(H,19,23)(H,21,22). The van der Waals surface area contributed by atoms with Gasteiger partial charge in [-0.05, 0) is 31.0 Å². The molecule has 0 bridgehead atoms. The van der Waals surface area contributed by atoms with Crippen molar-refractivity contribution in [1.82, 2.24) is 5.32 Å². The Bertz CT molecular complexity index is 626. The summed E-state index contributed by atoms with van der Waals surface area (Å²) in [5.74, 6) is -1.75. The number of esters is 1. The molecule has 1 aromatic rings. The van der Waals surface area contributed by atoms with Gasteiger partial charge in [-0.1, -0.05) is 19.3 Å². The van der Waals surface area contributed by atoms with Gasteiger partial charge in [0, 0.05) is 24.1 Å². The van der Waals surface area contributed by atoms with Gasteiger partial charge in [0.25, 0.3) is 5.91 Å². The molecule has 0 saturated heterocycles. The van der Waals surface area contributed by atoms with Gasteiger partial charge in [-0.15, -0.1) is 0 Å². The molecule has 0 aromatic heterocycles. The second-order valence-electron chi connectivity index (χ2n) is 5.62. The lowest BCUT2D eigenvalue weighted by Gasteiger charge is -2.08. The number of ether oxygens (including phenoxy) is 1. The van der Waals surface area contributed by atoms with Crippen molar-refractivity contribution in [1.29, 1.82) is 0 Å². The Balaban J connectivity index is 2.43. The Hall–Kier alpha value is -2.70. The first kappa shape index (κ1) is 20.3. The number of carboxylic acid groups (broad SMARTS) is 1. The van der Waals surface area contributed by atoms with E-state index in [0.717, 1.165) is 25.7 Å². The Morgan fingerprint density at radius 1 is 1.04 bits per heavy atom. The van der Waals surface area contributed by atoms with Crippen LogP contribution in [0.15, 0.2) is 18.2 Å². The first-order chi connectivity index (χ1) is 12.0. The number of carbonyl (C=O) groups excluding carboxylic acids is 3. The maximum absolute atomic E-state index is 12.1. The fraction of sp³-hybridized carbons (Fsp3) is 0.444. The molecule has 0 fully saturated rings. The lowest BCUT2D eigenvalue weighted by molar-refractivity contribution is -0.137. The number of aliphatic carboxylic acids is 1. The zero-order chi connectivity index (χ0) is 18.7. The molecule has 0 heterocycles. The van der Waals surface area contributed by atoms with E-state index in [1.807, 2.05) is 0 Å². The molecular weight excluding hydrogens is 326 g/mol. The summed E-state index contributed by atoms with van der Waals surface area (Å²) in [6.45, 7) is 0.469. The van der Waals surface area contributed by atoms with Gasteiger partial charge in [0.05, 0.1) is 12.7 Å². The van der Waals surface area contributed by atoms with Crippen LogP contribution in [0.5, 0.6) is 0 Å². The number of unbranched alkanes of at least 4 members (excludes halogenated alkanes) is 4. The van der Waals surface area contributed by atoms with Crippen molar-refractivity contribution in [2.24, 2.45) is 0 Å². The second kappa shape index (κ2) is 11.0. The van der Waals surface area contributed by atoms with E-state index in [0.29, 0.717) is 19.3 Å². The third kappa shape index (κ3) is 7.60. The number of amides is 1. The van der Waals surface area contributed by atoms with Crippen LogP contribution < -0.4 is 5.32 Å². The quantitative estimate of drug-likeness (QED) is 0.361. The smallest absolute Gasteiger partial charge is 0.337 e. The molecule has 7 nitrogen and oxygen atoms in total. The molecule has 2 N–H and O–H groups in total. The molecule has 0 saturated carbocycles. The number of benzene rings is 1. The number of carbonyl (C=O) groups is 4. The molecule has 0 spiro atoms. The van der Waals surface area contributed by atoms with Crippen LogP contribution in [0.25, 0.3) is 0 Å². The van der Waals surface area contributed by atoms with Crippen LogP contribution in [0.4, 0.5) is 0 Å². The van der Waals surface area contributed by atoms with Crippen LogP contribution in [-0.2, 0) is 9.53 Å². The Kier molecular flexibility index (Phi) is 8.92. The normalized spacial score (nSPS) is 10.1. The summed E-state index contributed by atoms with van der Waals surface area (Å²) in [6, 6.07) is 4.17. The number of hydrogen-bond donors (Lipinski definition) is 2. The SMILES string of the molecule is COC(=O)c1cc(C=O)cc(C(=O)NCCCCCCCC(=O)O)c1. The van der Waals surface area contributed by atoms with E-state index < -0.39 is 11.9 Å². The van der Waals surface area contributed by atoms with E-state index in [4.69, 9.17) is 5.11 Å². The number of hydrogen-bond acceptors (Lipinski definition) is 5. The number of nitrogens with one attached hydrogen (secondary N) is 1. The Morgan fingerprint density at radius 2 is 1.68 bits per heavy atom. The van der Waals surface area contributed by atoms with Crippen molar-refractivity contribution in [3.05, 3.63) is 34.9 Å². The summed E-state index contributed by atoms with van der Waals surface area (Å²) in [6.07, 6.45) is 4.85. The van der Waals surface area contributed by atoms with Crippen molar-refractivity contribution >= 4 is 24.1 Å². The largest absolute Gasteiger partial charge is 0.481 e. The summed E-state index contributed by atoms with van der Waals surface area (Å²) in [7, 11) is 1.23. The third-order valence-corrected chi connectivity index (χ3v) is 3.63. The number of rotatable bonds is 11. The zero-order valence-electron chi connectivity index (χ0n) is 14.2. The highest BCUT2D eigenvalue weighted by Gasteiger charge is 2.13. The van der Waals surface area contributed by atoms with E-state index in [2.05, 4.69) is 10.1 Å². The van der Waals surface area contributed by atoms with Gasteiger partial charge in [-0.2, -0.15) is 0 Å². The van der Waals surface area contributed by atoms with Crippen molar-refractivity contribution in [3.63, 3.8) is 0 Å². The fourth-order valence-electron chi connectivity index (χ4n) is 2.32. The number of aldehydes is 1. The fourth-order valence-corrected chi connectivity index (χ4v) is 2.32. The maximum Gasteiger partial charge on any atom is 0.337 e. The molecule has 0 radical (unpaired) electrons. The second-order valence-corrected chi connectivity index (χ2v) is 5.62. The molecular formula is C18H23NO6. The number of methoxy groups -OCH3 is 1. The van der Waals surface area contributed by atoms with E-state index in [9.17, 15) is 19.2 Å². The summed E-state index contributed by atoms with van der Waals surface area (Å²) in [5.41, 5.74) is 0.605. The lowest BCUT2D eigenvalue weighted by atomic mass is 10.1. The molecule has 0 aliphatic heterocycles. The minimum absolute atomic E-state index is 0.149. The minimum Gasteiger partial charge on any atom is -0.481 e. The highest BCUT2D eigenvalue weighted by atomic mass is 16.5. The van der Waals surface area contributed by atoms with Crippen molar-refractivity contribution in [2.75, 3.05) is 13.7 Å². The zero-order valence-corrected chi connectivity index (χ0v) is 14.2. The summed E-state index contributed by atoms with van der Waals surface area (Å²) in [5, 5.41) is 11.3. The predicted octanol–water partition coefficient (Wildman–Crippen LogP) is 2.44. The van der Waals surface area contributed by atoms with Crippen LogP contribution in [0, 0.1) is 0 Å². The molecule has 1 amide bonds. The van der Waals surface area contributed by atoms with E-state index in [1.165, 1.54) is 25.3 Å². The van der Waals surface area contributed by atoms with Gasteiger partial charge in [0.2, 0.25) is 0 Å². The monoisotopic (exact) mass is 349 g/mol. The summed E-state index contributed by atoms with van der Waals surface area (Å²) in [4.78, 5) is 45.0. The highest BCUT2D eigenvalue weighted by Crippen LogP contribution is 2.11. The topological polar surface area (TPSA) is 110 Å². The van der Waals surface area contributed by atoms with Crippen molar-refractivity contribution in [2.45, 2.75) is 38.5 Å². The first-order valence-corrected chi connectivity index (χ1v) is 8.16. The first-order valence-electron chi connectivity index (χ1n) is 8.16. The Morgan fingerprint density at radius 3 is 2.32 bits per heavy atom. The van der Waals surface area contributed by atoms with Crippen LogP contribution in [0.3, 0.4) is 0 Å². The van der Waals surface area contributed by atoms with Crippen molar-refractivity contribution < 1.29 is 29.0 Å². The van der Waals surface area contributed by atoms with E-state index in [1.54, 1.807) is 0 Å². The Labute approximate surface area is 146 Å². The maximum atomic E-state index is 12.1. The minimum atomic E-state index is -0.781. The molecule has 7 heteroatoms. The lowest BCUT2D eigenvalue weighted by Crippen LogP contribution is -2.25. The van der Waals surface area contributed by atoms with E-state index >= 15 is 0 Å². The molecule has 0 aliphatic rings. The molecule has 25 heavy (non-hydrogen) atoms. The van der Waals surface area contributed by atoms with Gasteiger partial charge in [0.15, 0.2) is 0 Å². The van der Waals surface area contributed by atoms with Crippen LogP contribution in [-0.4, -0.2) is 42.9 Å². The van der Waals surface area contributed by atoms with Crippen LogP contribution >= 0.6 is 0 Å². The third-order valence-electron chi connectivity index (χ3n) is 3.63. The number of carboxylic acids is 1. The molecule has 136 valence electrons. The van der Waals surface area contributed by atoms with Gasteiger partial charge in [-0.25, -0.2) is 4.79 Å². The summed E-state index contributed by atoms with van der Waals surface area (Å²) < 4.78 is 4.61. The van der Waals surface area contributed by atoms with Crippen LogP contribution in [0.1, 0.15) is 69.6 Å². The molecule has 1 aromatic carbocycles.